The highest BCUT2D eigenvalue weighted by molar-refractivity contribution is 6.08. The van der Waals surface area contributed by atoms with Crippen molar-refractivity contribution in [3.05, 3.63) is 54.1 Å². The molecule has 1 unspecified atom stereocenters. The Morgan fingerprint density at radius 3 is 2.28 bits per heavy atom. The Morgan fingerprint density at radius 2 is 1.72 bits per heavy atom. The van der Waals surface area contributed by atoms with Crippen molar-refractivity contribution in [2.75, 3.05) is 5.32 Å². The van der Waals surface area contributed by atoms with Crippen LogP contribution in [0.2, 0.25) is 0 Å². The average molecular weight is 398 g/mol. The summed E-state index contributed by atoms with van der Waals surface area (Å²) < 4.78 is 5.94. The lowest BCUT2D eigenvalue weighted by atomic mass is 9.72. The van der Waals surface area contributed by atoms with Crippen LogP contribution in [0.1, 0.15) is 37.0 Å². The Bertz CT molecular complexity index is 936. The minimum atomic E-state index is -1.06. The second kappa shape index (κ2) is 7.83. The Balaban J connectivity index is 1.85. The molecule has 1 saturated heterocycles. The largest absolute Gasteiger partial charge is 0.506 e. The van der Waals surface area contributed by atoms with Gasteiger partial charge in [0.25, 0.3) is 0 Å². The lowest BCUT2D eigenvalue weighted by Crippen LogP contribution is -2.73. The van der Waals surface area contributed by atoms with E-state index in [0.717, 1.165) is 4.90 Å². The number of aromatic hydroxyl groups is 1. The molecular weight excluding hydrogens is 376 g/mol. The molecule has 29 heavy (non-hydrogen) atoms. The Morgan fingerprint density at radius 1 is 1.10 bits per heavy atom. The van der Waals surface area contributed by atoms with Gasteiger partial charge in [-0.3, -0.25) is 4.79 Å². The van der Waals surface area contributed by atoms with Crippen molar-refractivity contribution < 1.29 is 29.3 Å². The number of aromatic carboxylic acids is 1. The normalized spacial score (nSPS) is 17.4. The highest BCUT2D eigenvalue weighted by Crippen LogP contribution is 2.46. The van der Waals surface area contributed by atoms with E-state index in [0.29, 0.717) is 18.6 Å². The maximum atomic E-state index is 12.9. The van der Waals surface area contributed by atoms with Crippen LogP contribution in [-0.2, 0) is 4.79 Å². The molecule has 0 saturated carbocycles. The molecule has 8 heteroatoms. The van der Waals surface area contributed by atoms with Gasteiger partial charge in [0, 0.05) is 0 Å². The molecule has 8 nitrogen and oxygen atoms in total. The molecule has 152 valence electrons. The molecule has 0 radical (unpaired) electrons. The molecule has 0 aliphatic carbocycles. The molecule has 3 N–H and O–H groups in total. The third kappa shape index (κ3) is 3.49. The molecule has 1 fully saturated rings. The first-order valence-electron chi connectivity index (χ1n) is 9.26. The number of benzene rings is 2. The summed E-state index contributed by atoms with van der Waals surface area (Å²) in [4.78, 5) is 37.6. The number of imide groups is 1. The van der Waals surface area contributed by atoms with Crippen molar-refractivity contribution in [2.45, 2.75) is 32.9 Å². The number of rotatable bonds is 6. The Hall–Kier alpha value is -3.55. The van der Waals surface area contributed by atoms with E-state index in [9.17, 15) is 19.5 Å². The number of carbonyl (C=O) groups excluding carboxylic acids is 2. The second-order valence-corrected chi connectivity index (χ2v) is 6.79. The highest BCUT2D eigenvalue weighted by Gasteiger charge is 2.63. The highest BCUT2D eigenvalue weighted by atomic mass is 16.5. The van der Waals surface area contributed by atoms with E-state index in [2.05, 4.69) is 5.32 Å². The number of nitrogens with one attached hydrogen (secondary N) is 1. The Labute approximate surface area is 167 Å². The first kappa shape index (κ1) is 20.2. The summed E-state index contributed by atoms with van der Waals surface area (Å²) in [6.07, 6.45) is 0.0905. The fraction of sp³-hybridized carbons (Fsp3) is 0.286. The molecule has 2 aromatic rings. The van der Waals surface area contributed by atoms with Crippen LogP contribution in [0.15, 0.2) is 48.5 Å². The molecule has 1 aliphatic heterocycles. The van der Waals surface area contributed by atoms with E-state index in [1.807, 2.05) is 13.8 Å². The SMILES string of the molecule is CCC1(CC)C(=O)N(C(=O)Nc2ccccc2O)C1Oc1ccc(C(=O)O)cc1. The number of amides is 3. The van der Waals surface area contributed by atoms with Crippen LogP contribution < -0.4 is 10.1 Å². The number of phenolic OH excluding ortho intramolecular Hbond substituents is 1. The van der Waals surface area contributed by atoms with Crippen molar-refractivity contribution in [3.8, 4) is 11.5 Å². The number of para-hydroxylation sites is 2. The maximum Gasteiger partial charge on any atom is 0.335 e. The molecular formula is C21H22N2O6. The fourth-order valence-electron chi connectivity index (χ4n) is 3.46. The van der Waals surface area contributed by atoms with Gasteiger partial charge in [0.2, 0.25) is 5.91 Å². The van der Waals surface area contributed by atoms with E-state index < -0.39 is 23.6 Å². The molecule has 0 bridgehead atoms. The number of hydrogen-bond donors (Lipinski definition) is 3. The van der Waals surface area contributed by atoms with Gasteiger partial charge in [-0.25, -0.2) is 14.5 Å². The summed E-state index contributed by atoms with van der Waals surface area (Å²) in [5.74, 6) is -1.19. The topological polar surface area (TPSA) is 116 Å². The molecule has 0 spiro atoms. The number of hydrogen-bond acceptors (Lipinski definition) is 5. The average Bonchev–Trinajstić information content (AvgIpc) is 2.71. The van der Waals surface area contributed by atoms with Crippen LogP contribution in [-0.4, -0.2) is 39.2 Å². The zero-order valence-corrected chi connectivity index (χ0v) is 16.1. The lowest BCUT2D eigenvalue weighted by Gasteiger charge is -2.53. The minimum Gasteiger partial charge on any atom is -0.506 e. The molecule has 1 aliphatic rings. The van der Waals surface area contributed by atoms with E-state index in [1.54, 1.807) is 12.1 Å². The summed E-state index contributed by atoms with van der Waals surface area (Å²) in [5, 5.41) is 21.4. The number of urea groups is 1. The number of carbonyl (C=O) groups is 3. The number of carboxylic acids is 1. The van der Waals surface area contributed by atoms with Crippen LogP contribution in [0.25, 0.3) is 0 Å². The van der Waals surface area contributed by atoms with Gasteiger partial charge in [0.05, 0.1) is 11.3 Å². The fourth-order valence-corrected chi connectivity index (χ4v) is 3.46. The summed E-state index contributed by atoms with van der Waals surface area (Å²) >= 11 is 0. The Kier molecular flexibility index (Phi) is 5.45. The first-order chi connectivity index (χ1) is 13.8. The molecule has 0 aromatic heterocycles. The molecule has 3 rings (SSSR count). The summed E-state index contributed by atoms with van der Waals surface area (Å²) in [5.41, 5.74) is -0.574. The van der Waals surface area contributed by atoms with Gasteiger partial charge in [0.1, 0.15) is 16.9 Å². The van der Waals surface area contributed by atoms with Gasteiger partial charge in [-0.1, -0.05) is 26.0 Å². The second-order valence-electron chi connectivity index (χ2n) is 6.79. The summed E-state index contributed by atoms with van der Waals surface area (Å²) in [6, 6.07) is 11.3. The van der Waals surface area contributed by atoms with Crippen molar-refractivity contribution >= 4 is 23.6 Å². The minimum absolute atomic E-state index is 0.105. The van der Waals surface area contributed by atoms with Gasteiger partial charge < -0.3 is 20.3 Å². The lowest BCUT2D eigenvalue weighted by molar-refractivity contribution is -0.190. The van der Waals surface area contributed by atoms with Crippen LogP contribution in [0, 0.1) is 5.41 Å². The number of nitrogens with zero attached hydrogens (tertiary/aromatic N) is 1. The van der Waals surface area contributed by atoms with Crippen molar-refractivity contribution in [2.24, 2.45) is 5.41 Å². The van der Waals surface area contributed by atoms with Gasteiger partial charge >= 0.3 is 12.0 Å². The smallest absolute Gasteiger partial charge is 0.335 e. The number of phenols is 1. The van der Waals surface area contributed by atoms with Crippen LogP contribution in [0.4, 0.5) is 10.5 Å². The van der Waals surface area contributed by atoms with E-state index in [-0.39, 0.29) is 22.9 Å². The summed E-state index contributed by atoms with van der Waals surface area (Å²) in [7, 11) is 0. The van der Waals surface area contributed by atoms with Crippen LogP contribution in [0.3, 0.4) is 0 Å². The first-order valence-corrected chi connectivity index (χ1v) is 9.26. The van der Waals surface area contributed by atoms with Crippen molar-refractivity contribution in [1.82, 2.24) is 4.90 Å². The zero-order valence-electron chi connectivity index (χ0n) is 16.1. The van der Waals surface area contributed by atoms with Gasteiger partial charge in [0.15, 0.2) is 6.23 Å². The number of β-lactam (4-membered cyclic amide) rings is 1. The zero-order chi connectivity index (χ0) is 21.2. The van der Waals surface area contributed by atoms with Crippen LogP contribution in [0.5, 0.6) is 11.5 Å². The van der Waals surface area contributed by atoms with Gasteiger partial charge in [-0.15, -0.1) is 0 Å². The predicted octanol–water partition coefficient (Wildman–Crippen LogP) is 3.68. The monoisotopic (exact) mass is 398 g/mol. The number of likely N-dealkylation sites (tertiary alicyclic amines) is 1. The van der Waals surface area contributed by atoms with Crippen LogP contribution >= 0.6 is 0 Å². The third-order valence-electron chi connectivity index (χ3n) is 5.33. The van der Waals surface area contributed by atoms with Crippen molar-refractivity contribution in [1.29, 1.82) is 0 Å². The summed E-state index contributed by atoms with van der Waals surface area (Å²) in [6.45, 7) is 3.70. The van der Waals surface area contributed by atoms with Crippen molar-refractivity contribution in [3.63, 3.8) is 0 Å². The van der Waals surface area contributed by atoms with Gasteiger partial charge in [-0.05, 0) is 49.2 Å². The number of ether oxygens (including phenoxy) is 1. The molecule has 1 atom stereocenters. The predicted molar refractivity (Wildman–Crippen MR) is 105 cm³/mol. The van der Waals surface area contributed by atoms with Gasteiger partial charge in [-0.2, -0.15) is 0 Å². The quantitative estimate of drug-likeness (QED) is 0.505. The van der Waals surface area contributed by atoms with E-state index >= 15 is 0 Å². The van der Waals surface area contributed by atoms with E-state index in [1.165, 1.54) is 36.4 Å². The maximum absolute atomic E-state index is 12.9. The molecule has 3 amide bonds. The number of anilines is 1. The third-order valence-corrected chi connectivity index (χ3v) is 5.33. The standard InChI is InChI=1S/C21H22N2O6/c1-3-21(4-2)18(27)23(20(28)22-15-7-5-6-8-16(15)24)19(21)29-14-11-9-13(10-12-14)17(25)26/h5-12,19,24H,3-4H2,1-2H3,(H,22,28)(H,25,26). The molecule has 1 heterocycles. The molecule has 2 aromatic carbocycles. The van der Waals surface area contributed by atoms with E-state index in [4.69, 9.17) is 9.84 Å². The number of carboxylic acid groups (broad SMARTS) is 1.